The van der Waals surface area contributed by atoms with Gasteiger partial charge in [0.25, 0.3) is 5.91 Å². The van der Waals surface area contributed by atoms with Crippen LogP contribution in [0.4, 0.5) is 4.39 Å². The molecule has 0 spiro atoms. The second kappa shape index (κ2) is 8.91. The van der Waals surface area contributed by atoms with E-state index >= 15 is 0 Å². The predicted molar refractivity (Wildman–Crippen MR) is 96.0 cm³/mol. The number of amides is 1. The molecule has 0 aliphatic rings. The average Bonchev–Trinajstić information content (AvgIpc) is 2.62. The minimum Gasteiger partial charge on any atom is -0.324 e. The van der Waals surface area contributed by atoms with Crippen molar-refractivity contribution in [2.45, 2.75) is 11.4 Å². The van der Waals surface area contributed by atoms with Gasteiger partial charge in [0, 0.05) is 0 Å². The van der Waals surface area contributed by atoms with Crippen LogP contribution in [0.2, 0.25) is 0 Å². The molecule has 0 unspecified atom stereocenters. The fraction of sp³-hybridized carbons (Fsp3) is 0.188. The number of carbonyl (C=O) groups excluding carboxylic acids is 1. The molecule has 12 heteroatoms. The zero-order valence-corrected chi connectivity index (χ0v) is 16.1. The van der Waals surface area contributed by atoms with Crippen molar-refractivity contribution < 1.29 is 37.2 Å². The number of nitrogens with zero attached hydrogens (tertiary/aromatic N) is 2. The molecule has 2 aromatic rings. The topological polar surface area (TPSA) is 135 Å². The molecular weight excluding hydrogens is 414 g/mol. The lowest BCUT2D eigenvalue weighted by Crippen LogP contribution is -2.41. The van der Waals surface area contributed by atoms with Crippen LogP contribution in [0.15, 0.2) is 59.5 Å². The van der Waals surface area contributed by atoms with Gasteiger partial charge in [-0.15, -0.1) is 0 Å². The van der Waals surface area contributed by atoms with Crippen molar-refractivity contribution in [3.63, 3.8) is 0 Å². The van der Waals surface area contributed by atoms with Gasteiger partial charge in [0.15, 0.2) is 0 Å². The van der Waals surface area contributed by atoms with Gasteiger partial charge in [-0.05, 0) is 29.8 Å². The van der Waals surface area contributed by atoms with E-state index in [1.807, 2.05) is 0 Å². The van der Waals surface area contributed by atoms with Crippen molar-refractivity contribution in [1.82, 2.24) is 9.37 Å². The first-order chi connectivity index (χ1) is 13.0. The number of benzene rings is 2. The Balaban J connectivity index is 2.21. The Labute approximate surface area is 160 Å². The minimum absolute atomic E-state index is 0.195. The molecule has 3 N–H and O–H groups in total. The van der Waals surface area contributed by atoms with Gasteiger partial charge in [-0.25, -0.2) is 17.9 Å². The summed E-state index contributed by atoms with van der Waals surface area (Å²) in [4.78, 5) is 30.4. The molecule has 0 aromatic heterocycles. The van der Waals surface area contributed by atoms with E-state index in [-0.39, 0.29) is 16.5 Å². The third-order valence-corrected chi connectivity index (χ3v) is 6.28. The van der Waals surface area contributed by atoms with Gasteiger partial charge >= 0.3 is 7.60 Å². The smallest absolute Gasteiger partial charge is 0.324 e. The van der Waals surface area contributed by atoms with Crippen molar-refractivity contribution in [3.8, 4) is 0 Å². The van der Waals surface area contributed by atoms with Crippen LogP contribution in [-0.4, -0.2) is 51.5 Å². The van der Waals surface area contributed by atoms with Crippen LogP contribution in [0.5, 0.6) is 0 Å². The van der Waals surface area contributed by atoms with Crippen molar-refractivity contribution in [1.29, 1.82) is 0 Å². The van der Waals surface area contributed by atoms with E-state index in [4.69, 9.17) is 0 Å². The molecule has 0 radical (unpaired) electrons. The number of hydroxylamine groups is 2. The summed E-state index contributed by atoms with van der Waals surface area (Å²) < 4.78 is 49.9. The number of sulfonamides is 1. The molecular formula is C16H18FN2O7PS. The molecule has 0 saturated heterocycles. The lowest BCUT2D eigenvalue weighted by Gasteiger charge is -2.24. The summed E-state index contributed by atoms with van der Waals surface area (Å²) in [5, 5.41) is 10.1. The first kappa shape index (κ1) is 22.2. The fourth-order valence-electron chi connectivity index (χ4n) is 2.24. The van der Waals surface area contributed by atoms with Crippen LogP contribution in [-0.2, 0) is 25.9 Å². The maximum atomic E-state index is 12.9. The second-order valence-corrected chi connectivity index (χ2v) is 9.36. The lowest BCUT2D eigenvalue weighted by molar-refractivity contribution is -0.168. The zero-order valence-electron chi connectivity index (χ0n) is 14.4. The summed E-state index contributed by atoms with van der Waals surface area (Å²) in [5.74, 6) is -1.63. The number of rotatable bonds is 8. The van der Waals surface area contributed by atoms with Gasteiger partial charge < -0.3 is 9.79 Å². The van der Waals surface area contributed by atoms with E-state index < -0.39 is 42.2 Å². The first-order valence-electron chi connectivity index (χ1n) is 7.82. The van der Waals surface area contributed by atoms with Crippen molar-refractivity contribution in [2.75, 3.05) is 12.8 Å². The summed E-state index contributed by atoms with van der Waals surface area (Å²) in [5.41, 5.74) is 0.365. The van der Waals surface area contributed by atoms with E-state index in [1.165, 1.54) is 36.4 Å². The number of hydrogen-bond acceptors (Lipinski definition) is 5. The van der Waals surface area contributed by atoms with Crippen molar-refractivity contribution in [2.24, 2.45) is 0 Å². The zero-order chi connectivity index (χ0) is 20.9. The summed E-state index contributed by atoms with van der Waals surface area (Å²) >= 11 is 0. The van der Waals surface area contributed by atoms with Gasteiger partial charge in [0.1, 0.15) is 12.1 Å². The maximum Gasteiger partial charge on any atom is 0.340 e. The third-order valence-electron chi connectivity index (χ3n) is 3.57. The van der Waals surface area contributed by atoms with E-state index in [2.05, 4.69) is 0 Å². The fourth-order valence-corrected chi connectivity index (χ4v) is 4.89. The molecule has 0 atom stereocenters. The van der Waals surface area contributed by atoms with Gasteiger partial charge in [-0.2, -0.15) is 4.31 Å². The van der Waals surface area contributed by atoms with Gasteiger partial charge in [0.2, 0.25) is 10.0 Å². The molecule has 2 aromatic carbocycles. The van der Waals surface area contributed by atoms with E-state index in [1.54, 1.807) is 6.07 Å². The SMILES string of the molecule is O=C(CN(CP(=O)(O)O)S(=O)(=O)c1ccccc1)N(O)Cc1ccc(F)cc1. The normalized spacial score (nSPS) is 12.2. The molecule has 0 bridgehead atoms. The summed E-state index contributed by atoms with van der Waals surface area (Å²) in [6.45, 7) is -1.37. The highest BCUT2D eigenvalue weighted by molar-refractivity contribution is 7.89. The van der Waals surface area contributed by atoms with Gasteiger partial charge in [-0.1, -0.05) is 30.3 Å². The van der Waals surface area contributed by atoms with E-state index in [0.717, 1.165) is 12.1 Å². The standard InChI is InChI=1S/C16H18FN2O7PS/c17-14-8-6-13(7-9-14)10-19(21)16(20)11-18(12-27(22,23)24)28(25,26)15-4-2-1-3-5-15/h1-9,21H,10-12H2,(H2,22,23,24). The van der Waals surface area contributed by atoms with E-state index in [0.29, 0.717) is 9.87 Å². The average molecular weight is 432 g/mol. The molecule has 28 heavy (non-hydrogen) atoms. The van der Waals surface area contributed by atoms with Crippen LogP contribution >= 0.6 is 7.60 Å². The van der Waals surface area contributed by atoms with Gasteiger partial charge in [0.05, 0.1) is 18.0 Å². The number of halogens is 1. The highest BCUT2D eigenvalue weighted by Gasteiger charge is 2.33. The van der Waals surface area contributed by atoms with Crippen LogP contribution in [0, 0.1) is 5.82 Å². The van der Waals surface area contributed by atoms with Gasteiger partial charge in [-0.3, -0.25) is 14.6 Å². The Morgan fingerprint density at radius 2 is 1.61 bits per heavy atom. The predicted octanol–water partition coefficient (Wildman–Crippen LogP) is 1.37. The molecule has 0 fully saturated rings. The van der Waals surface area contributed by atoms with Crippen LogP contribution < -0.4 is 0 Å². The molecule has 0 aliphatic carbocycles. The van der Waals surface area contributed by atoms with Crippen LogP contribution in [0.25, 0.3) is 0 Å². The molecule has 0 heterocycles. The highest BCUT2D eigenvalue weighted by atomic mass is 32.2. The Hall–Kier alpha value is -2.14. The number of hydrogen-bond donors (Lipinski definition) is 3. The Kier molecular flexibility index (Phi) is 7.05. The lowest BCUT2D eigenvalue weighted by atomic mass is 10.2. The quantitative estimate of drug-likeness (QED) is 0.326. The minimum atomic E-state index is -4.84. The second-order valence-electron chi connectivity index (χ2n) is 5.81. The molecule has 9 nitrogen and oxygen atoms in total. The first-order valence-corrected chi connectivity index (χ1v) is 11.1. The Bertz CT molecular complexity index is 964. The third kappa shape index (κ3) is 6.20. The summed E-state index contributed by atoms with van der Waals surface area (Å²) in [6, 6.07) is 11.7. The van der Waals surface area contributed by atoms with Crippen LogP contribution in [0.1, 0.15) is 5.56 Å². The van der Waals surface area contributed by atoms with Crippen molar-refractivity contribution >= 4 is 23.5 Å². The summed E-state index contributed by atoms with van der Waals surface area (Å²) in [6.07, 6.45) is -1.24. The molecule has 0 aliphatic heterocycles. The largest absolute Gasteiger partial charge is 0.340 e. The number of carbonyl (C=O) groups is 1. The molecule has 0 saturated carbocycles. The maximum absolute atomic E-state index is 12.9. The Morgan fingerprint density at radius 1 is 1.04 bits per heavy atom. The molecule has 152 valence electrons. The Morgan fingerprint density at radius 3 is 2.14 bits per heavy atom. The monoisotopic (exact) mass is 432 g/mol. The molecule has 1 amide bonds. The van der Waals surface area contributed by atoms with E-state index in [9.17, 15) is 37.2 Å². The summed E-state index contributed by atoms with van der Waals surface area (Å²) in [7, 11) is -9.25. The molecule has 2 rings (SSSR count). The van der Waals surface area contributed by atoms with Crippen LogP contribution in [0.3, 0.4) is 0 Å². The van der Waals surface area contributed by atoms with Crippen molar-refractivity contribution in [3.05, 3.63) is 66.0 Å². The highest BCUT2D eigenvalue weighted by Crippen LogP contribution is 2.37.